The Morgan fingerprint density at radius 3 is 1.92 bits per heavy atom. The molecule has 0 unspecified atom stereocenters. The molecule has 0 atom stereocenters. The van der Waals surface area contributed by atoms with Crippen LogP contribution in [0.15, 0.2) is 24.3 Å². The molecule has 0 amide bonds. The average Bonchev–Trinajstić information content (AvgIpc) is 2.12. The highest BCUT2D eigenvalue weighted by Gasteiger charge is 1.95. The lowest BCUT2D eigenvalue weighted by Crippen LogP contribution is -1.93. The number of hydrogen-bond acceptors (Lipinski definition) is 1. The summed E-state index contributed by atoms with van der Waals surface area (Å²) in [5.41, 5.74) is 2.79. The largest absolute Gasteiger partial charge is 0.400 e. The van der Waals surface area contributed by atoms with Crippen LogP contribution in [0.5, 0.6) is 0 Å². The molecule has 0 saturated heterocycles. The lowest BCUT2D eigenvalue weighted by atomic mass is 10.0. The van der Waals surface area contributed by atoms with Crippen molar-refractivity contribution in [2.45, 2.75) is 27.2 Å². The maximum absolute atomic E-state index is 7.00. The van der Waals surface area contributed by atoms with Crippen molar-refractivity contribution in [1.82, 2.24) is 0 Å². The van der Waals surface area contributed by atoms with Crippen LogP contribution in [-0.2, 0) is 6.42 Å². The molecule has 0 heterocycles. The van der Waals surface area contributed by atoms with E-state index in [0.29, 0.717) is 0 Å². The third-order valence-corrected chi connectivity index (χ3v) is 1.76. The molecule has 1 heteroatoms. The van der Waals surface area contributed by atoms with E-state index in [1.54, 1.807) is 0 Å². The van der Waals surface area contributed by atoms with Gasteiger partial charge < -0.3 is 5.11 Å². The van der Waals surface area contributed by atoms with Gasteiger partial charge in [-0.25, -0.2) is 0 Å². The van der Waals surface area contributed by atoms with Crippen LogP contribution in [0.2, 0.25) is 0 Å². The van der Waals surface area contributed by atoms with Gasteiger partial charge >= 0.3 is 0 Å². The van der Waals surface area contributed by atoms with Crippen molar-refractivity contribution in [3.8, 4) is 0 Å². The van der Waals surface area contributed by atoms with Gasteiger partial charge in [-0.1, -0.05) is 43.7 Å². The minimum atomic E-state index is 0.762. The minimum absolute atomic E-state index is 0.762. The van der Waals surface area contributed by atoms with Gasteiger partial charge in [0.15, 0.2) is 0 Å². The molecule has 1 N–H and O–H groups in total. The Balaban J connectivity index is 0.000000671. The van der Waals surface area contributed by atoms with E-state index in [1.165, 1.54) is 17.5 Å². The number of hydrogen-bond donors (Lipinski definition) is 1. The van der Waals surface area contributed by atoms with Crippen molar-refractivity contribution in [3.63, 3.8) is 0 Å². The van der Waals surface area contributed by atoms with Crippen molar-refractivity contribution in [1.29, 1.82) is 0 Å². The van der Waals surface area contributed by atoms with Crippen LogP contribution in [-0.4, -0.2) is 12.2 Å². The molecule has 0 aliphatic carbocycles. The van der Waals surface area contributed by atoms with Gasteiger partial charge in [-0.2, -0.15) is 0 Å². The van der Waals surface area contributed by atoms with Crippen LogP contribution in [0.1, 0.15) is 25.0 Å². The maximum Gasteiger partial charge on any atom is 0.0319 e. The molecule has 0 bridgehead atoms. The number of aryl methyl sites for hydroxylation is 1. The van der Waals surface area contributed by atoms with Crippen molar-refractivity contribution in [3.05, 3.63) is 35.4 Å². The molecular weight excluding hydrogens is 160 g/mol. The molecule has 0 saturated carbocycles. The normalized spacial score (nSPS) is 9.38. The van der Waals surface area contributed by atoms with E-state index in [-0.39, 0.29) is 0 Å². The molecule has 74 valence electrons. The quantitative estimate of drug-likeness (QED) is 0.742. The van der Waals surface area contributed by atoms with Crippen LogP contribution in [0.4, 0.5) is 0 Å². The number of aliphatic hydroxyl groups is 1. The third-order valence-electron chi connectivity index (χ3n) is 1.76. The Labute approximate surface area is 81.4 Å². The molecule has 1 aromatic carbocycles. The molecule has 0 aliphatic rings. The second kappa shape index (κ2) is 6.67. The first-order chi connectivity index (χ1) is 6.18. The Morgan fingerprint density at radius 1 is 1.08 bits per heavy atom. The van der Waals surface area contributed by atoms with E-state index in [9.17, 15) is 0 Å². The van der Waals surface area contributed by atoms with E-state index < -0.39 is 0 Å². The summed E-state index contributed by atoms with van der Waals surface area (Å²) < 4.78 is 0. The molecule has 1 aromatic rings. The predicted octanol–water partition coefficient (Wildman–Crippen LogP) is 2.80. The summed E-state index contributed by atoms with van der Waals surface area (Å²) in [6.45, 7) is 6.62. The van der Waals surface area contributed by atoms with E-state index >= 15 is 0 Å². The molecular formula is C12H20O. The van der Waals surface area contributed by atoms with E-state index in [4.69, 9.17) is 5.11 Å². The van der Waals surface area contributed by atoms with Crippen LogP contribution < -0.4 is 0 Å². The number of rotatable bonds is 2. The van der Waals surface area contributed by atoms with E-state index in [1.807, 2.05) is 0 Å². The minimum Gasteiger partial charge on any atom is -0.400 e. The summed E-state index contributed by atoms with van der Waals surface area (Å²) in [5, 5.41) is 7.00. The summed E-state index contributed by atoms with van der Waals surface area (Å²) in [4.78, 5) is 0. The lowest BCUT2D eigenvalue weighted by molar-refractivity contribution is 0.399. The van der Waals surface area contributed by atoms with Gasteiger partial charge in [0, 0.05) is 7.11 Å². The van der Waals surface area contributed by atoms with Crippen molar-refractivity contribution in [2.75, 3.05) is 7.11 Å². The predicted molar refractivity (Wildman–Crippen MR) is 57.9 cm³/mol. The van der Waals surface area contributed by atoms with Crippen molar-refractivity contribution in [2.24, 2.45) is 5.92 Å². The summed E-state index contributed by atoms with van der Waals surface area (Å²) in [5.74, 6) is 0.762. The fourth-order valence-corrected chi connectivity index (χ4v) is 1.20. The van der Waals surface area contributed by atoms with Gasteiger partial charge in [-0.15, -0.1) is 0 Å². The molecule has 0 aliphatic heterocycles. The zero-order valence-corrected chi connectivity index (χ0v) is 9.04. The summed E-state index contributed by atoms with van der Waals surface area (Å²) >= 11 is 0. The van der Waals surface area contributed by atoms with Crippen LogP contribution in [0.25, 0.3) is 0 Å². The van der Waals surface area contributed by atoms with Gasteiger partial charge in [0.05, 0.1) is 0 Å². The van der Waals surface area contributed by atoms with E-state index in [2.05, 4.69) is 45.0 Å². The first-order valence-electron chi connectivity index (χ1n) is 4.69. The summed E-state index contributed by atoms with van der Waals surface area (Å²) in [6, 6.07) is 8.79. The fraction of sp³-hybridized carbons (Fsp3) is 0.500. The van der Waals surface area contributed by atoms with Gasteiger partial charge in [0.25, 0.3) is 0 Å². The molecule has 0 spiro atoms. The third kappa shape index (κ3) is 5.42. The monoisotopic (exact) mass is 180 g/mol. The standard InChI is InChI=1S/C11H16.CH4O/c1-9(2)8-11-6-4-10(3)5-7-11;1-2/h4-7,9H,8H2,1-3H3;2H,1H3. The second-order valence-corrected chi connectivity index (χ2v) is 3.58. The summed E-state index contributed by atoms with van der Waals surface area (Å²) in [6.07, 6.45) is 1.19. The lowest BCUT2D eigenvalue weighted by Gasteiger charge is -2.04. The van der Waals surface area contributed by atoms with Gasteiger partial charge in [0.1, 0.15) is 0 Å². The average molecular weight is 180 g/mol. The second-order valence-electron chi connectivity index (χ2n) is 3.58. The van der Waals surface area contributed by atoms with Gasteiger partial charge in [-0.3, -0.25) is 0 Å². The molecule has 0 fully saturated rings. The topological polar surface area (TPSA) is 20.2 Å². The zero-order valence-electron chi connectivity index (χ0n) is 9.04. The smallest absolute Gasteiger partial charge is 0.0319 e. The van der Waals surface area contributed by atoms with Crippen LogP contribution in [0.3, 0.4) is 0 Å². The maximum atomic E-state index is 7.00. The highest BCUT2D eigenvalue weighted by atomic mass is 16.2. The van der Waals surface area contributed by atoms with Crippen molar-refractivity contribution < 1.29 is 5.11 Å². The Kier molecular flexibility index (Phi) is 6.25. The number of benzene rings is 1. The first-order valence-corrected chi connectivity index (χ1v) is 4.69. The number of aliphatic hydroxyl groups excluding tert-OH is 1. The van der Waals surface area contributed by atoms with Gasteiger partial charge in [0.2, 0.25) is 0 Å². The SMILES string of the molecule is CO.Cc1ccc(CC(C)C)cc1. The highest BCUT2D eigenvalue weighted by molar-refractivity contribution is 5.21. The Morgan fingerprint density at radius 2 is 1.54 bits per heavy atom. The molecule has 0 radical (unpaired) electrons. The fourth-order valence-electron chi connectivity index (χ4n) is 1.20. The van der Waals surface area contributed by atoms with Crippen LogP contribution >= 0.6 is 0 Å². The van der Waals surface area contributed by atoms with Crippen LogP contribution in [0, 0.1) is 12.8 Å². The molecule has 0 aromatic heterocycles. The molecule has 13 heavy (non-hydrogen) atoms. The van der Waals surface area contributed by atoms with E-state index in [0.717, 1.165) is 13.0 Å². The van der Waals surface area contributed by atoms with Crippen molar-refractivity contribution >= 4 is 0 Å². The summed E-state index contributed by atoms with van der Waals surface area (Å²) in [7, 11) is 1.00. The zero-order chi connectivity index (χ0) is 10.3. The Bertz CT molecular complexity index is 211. The molecule has 1 rings (SSSR count). The first kappa shape index (κ1) is 12.2. The van der Waals surface area contributed by atoms with Gasteiger partial charge in [-0.05, 0) is 24.8 Å². The molecule has 1 nitrogen and oxygen atoms in total. The Hall–Kier alpha value is -0.820. The highest BCUT2D eigenvalue weighted by Crippen LogP contribution is 2.08.